The zero-order chi connectivity index (χ0) is 15.4. The van der Waals surface area contributed by atoms with Crippen LogP contribution in [0.15, 0.2) is 49.1 Å². The molecule has 0 unspecified atom stereocenters. The third-order valence-corrected chi connectivity index (χ3v) is 1.93. The van der Waals surface area contributed by atoms with Crippen molar-refractivity contribution in [3.63, 3.8) is 0 Å². The Morgan fingerprint density at radius 1 is 0.750 bits per heavy atom. The Morgan fingerprint density at radius 2 is 1.00 bits per heavy atom. The molecule has 0 saturated carbocycles. The lowest BCUT2D eigenvalue weighted by Gasteiger charge is -1.88. The van der Waals surface area contributed by atoms with Gasteiger partial charge in [0.1, 0.15) is 6.79 Å². The number of rotatable bonds is 2. The van der Waals surface area contributed by atoms with Crippen molar-refractivity contribution >= 4 is 18.6 Å². The first-order valence-electron chi connectivity index (χ1n) is 5.30. The van der Waals surface area contributed by atoms with Crippen LogP contribution in [-0.2, 0) is 4.79 Å². The zero-order valence-corrected chi connectivity index (χ0v) is 10.6. The number of nitrogens with two attached hydrogens (primary N) is 2. The van der Waals surface area contributed by atoms with Gasteiger partial charge < -0.3 is 16.3 Å². The maximum atomic E-state index is 10.4. The number of hydrogen-bond donors (Lipinski definition) is 2. The predicted octanol–water partition coefficient (Wildman–Crippen LogP) is 0.176. The van der Waals surface area contributed by atoms with E-state index in [9.17, 15) is 9.59 Å². The van der Waals surface area contributed by atoms with Gasteiger partial charge in [0.25, 0.3) is 0 Å². The van der Waals surface area contributed by atoms with Gasteiger partial charge in [0.15, 0.2) is 0 Å². The fourth-order valence-corrected chi connectivity index (χ4v) is 1.03. The van der Waals surface area contributed by atoms with Gasteiger partial charge in [0, 0.05) is 35.9 Å². The Kier molecular flexibility index (Phi) is 8.36. The molecule has 0 aliphatic heterocycles. The van der Waals surface area contributed by atoms with Gasteiger partial charge in [-0.15, -0.1) is 0 Å². The second kappa shape index (κ2) is 9.89. The molecule has 2 aromatic heterocycles. The summed E-state index contributed by atoms with van der Waals surface area (Å²) in [5.74, 6) is -0.838. The van der Waals surface area contributed by atoms with Crippen molar-refractivity contribution in [3.8, 4) is 0 Å². The number of carbonyl (C=O) groups is 3. The zero-order valence-electron chi connectivity index (χ0n) is 10.6. The van der Waals surface area contributed by atoms with Gasteiger partial charge >= 0.3 is 0 Å². The third kappa shape index (κ3) is 6.60. The average molecular weight is 274 g/mol. The highest BCUT2D eigenvalue weighted by Crippen LogP contribution is 1.92. The van der Waals surface area contributed by atoms with Crippen molar-refractivity contribution < 1.29 is 14.4 Å². The number of amides is 2. The van der Waals surface area contributed by atoms with Crippen molar-refractivity contribution in [1.82, 2.24) is 9.97 Å². The van der Waals surface area contributed by atoms with Gasteiger partial charge in [-0.3, -0.25) is 19.6 Å². The Labute approximate surface area is 115 Å². The summed E-state index contributed by atoms with van der Waals surface area (Å²) in [6, 6.07) is 6.29. The standard InChI is InChI=1S/2C6H6N2O.CH2O/c2*7-6(9)5-1-3-8-4-2-5;1-2/h2*1-4H,(H2,7,9);1H2. The van der Waals surface area contributed by atoms with Crippen LogP contribution in [0.5, 0.6) is 0 Å². The minimum atomic E-state index is -0.419. The molecule has 0 radical (unpaired) electrons. The normalized spacial score (nSPS) is 8.20. The second-order valence-electron chi connectivity index (χ2n) is 3.20. The van der Waals surface area contributed by atoms with E-state index in [1.54, 1.807) is 24.3 Å². The fourth-order valence-electron chi connectivity index (χ4n) is 1.03. The molecule has 0 bridgehead atoms. The van der Waals surface area contributed by atoms with Crippen LogP contribution >= 0.6 is 0 Å². The second-order valence-corrected chi connectivity index (χ2v) is 3.20. The van der Waals surface area contributed by atoms with Crippen LogP contribution in [0.2, 0.25) is 0 Å². The average Bonchev–Trinajstić information content (AvgIpc) is 2.51. The topological polar surface area (TPSA) is 129 Å². The lowest BCUT2D eigenvalue weighted by molar-refractivity contribution is -0.0980. The van der Waals surface area contributed by atoms with Crippen LogP contribution in [0, 0.1) is 0 Å². The van der Waals surface area contributed by atoms with Crippen molar-refractivity contribution in [1.29, 1.82) is 0 Å². The number of primary amides is 2. The first kappa shape index (κ1) is 16.9. The molecule has 0 atom stereocenters. The van der Waals surface area contributed by atoms with E-state index in [1.807, 2.05) is 6.79 Å². The maximum absolute atomic E-state index is 10.4. The van der Waals surface area contributed by atoms with Crippen LogP contribution in [-0.4, -0.2) is 28.6 Å². The molecule has 2 rings (SSSR count). The molecule has 4 N–H and O–H groups in total. The Hall–Kier alpha value is -3.09. The highest BCUT2D eigenvalue weighted by atomic mass is 16.1. The summed E-state index contributed by atoms with van der Waals surface area (Å²) in [7, 11) is 0. The molecular weight excluding hydrogens is 260 g/mol. The Morgan fingerprint density at radius 3 is 1.15 bits per heavy atom. The van der Waals surface area contributed by atoms with Crippen LogP contribution < -0.4 is 11.5 Å². The van der Waals surface area contributed by atoms with Crippen LogP contribution in [0.3, 0.4) is 0 Å². The summed E-state index contributed by atoms with van der Waals surface area (Å²) in [4.78, 5) is 36.2. The highest BCUT2D eigenvalue weighted by molar-refractivity contribution is 5.92. The van der Waals surface area contributed by atoms with Crippen LogP contribution in [0.1, 0.15) is 20.7 Å². The van der Waals surface area contributed by atoms with E-state index in [0.29, 0.717) is 11.1 Å². The summed E-state index contributed by atoms with van der Waals surface area (Å²) in [6.45, 7) is 2.00. The van der Waals surface area contributed by atoms with Gasteiger partial charge in [-0.25, -0.2) is 0 Å². The summed E-state index contributed by atoms with van der Waals surface area (Å²) < 4.78 is 0. The summed E-state index contributed by atoms with van der Waals surface area (Å²) >= 11 is 0. The lowest BCUT2D eigenvalue weighted by atomic mass is 10.3. The number of hydrogen-bond acceptors (Lipinski definition) is 5. The van der Waals surface area contributed by atoms with E-state index in [-0.39, 0.29) is 0 Å². The molecule has 2 heterocycles. The first-order valence-corrected chi connectivity index (χ1v) is 5.30. The quantitative estimate of drug-likeness (QED) is 0.806. The number of carbonyl (C=O) groups excluding carboxylic acids is 3. The number of nitrogens with zero attached hydrogens (tertiary/aromatic N) is 2. The molecule has 0 fully saturated rings. The SMILES string of the molecule is C=O.NC(=O)c1ccncc1.NC(=O)c1ccncc1. The summed E-state index contributed by atoms with van der Waals surface area (Å²) in [6.07, 6.45) is 6.11. The molecule has 2 amide bonds. The van der Waals surface area contributed by atoms with Gasteiger partial charge in [-0.1, -0.05) is 0 Å². The molecule has 0 aromatic carbocycles. The minimum Gasteiger partial charge on any atom is -0.366 e. The van der Waals surface area contributed by atoms with Crippen molar-refractivity contribution in [2.45, 2.75) is 0 Å². The first-order chi connectivity index (χ1) is 9.61. The fraction of sp³-hybridized carbons (Fsp3) is 0. The van der Waals surface area contributed by atoms with Crippen LogP contribution in [0.25, 0.3) is 0 Å². The molecule has 0 aliphatic rings. The molecule has 7 heteroatoms. The van der Waals surface area contributed by atoms with Crippen molar-refractivity contribution in [2.24, 2.45) is 11.5 Å². The van der Waals surface area contributed by atoms with E-state index in [1.165, 1.54) is 24.8 Å². The smallest absolute Gasteiger partial charge is 0.248 e. The van der Waals surface area contributed by atoms with Crippen LogP contribution in [0.4, 0.5) is 0 Å². The number of pyridine rings is 2. The van der Waals surface area contributed by atoms with E-state index in [4.69, 9.17) is 16.3 Å². The largest absolute Gasteiger partial charge is 0.366 e. The maximum Gasteiger partial charge on any atom is 0.248 e. The molecule has 0 spiro atoms. The third-order valence-electron chi connectivity index (χ3n) is 1.93. The Balaban J connectivity index is 0.000000321. The molecule has 20 heavy (non-hydrogen) atoms. The van der Waals surface area contributed by atoms with Gasteiger partial charge in [-0.05, 0) is 24.3 Å². The molecule has 0 saturated heterocycles. The summed E-state index contributed by atoms with van der Waals surface area (Å²) in [5.41, 5.74) is 10.9. The van der Waals surface area contributed by atoms with Gasteiger partial charge in [0.2, 0.25) is 11.8 Å². The lowest BCUT2D eigenvalue weighted by Crippen LogP contribution is -2.10. The molecule has 2 aromatic rings. The molecule has 104 valence electrons. The molecule has 0 aliphatic carbocycles. The predicted molar refractivity (Wildman–Crippen MR) is 72.6 cm³/mol. The van der Waals surface area contributed by atoms with Gasteiger partial charge in [-0.2, -0.15) is 0 Å². The molecule has 7 nitrogen and oxygen atoms in total. The van der Waals surface area contributed by atoms with E-state index in [0.717, 1.165) is 0 Å². The van der Waals surface area contributed by atoms with Crippen molar-refractivity contribution in [2.75, 3.05) is 0 Å². The monoisotopic (exact) mass is 274 g/mol. The van der Waals surface area contributed by atoms with Crippen molar-refractivity contribution in [3.05, 3.63) is 60.2 Å². The van der Waals surface area contributed by atoms with E-state index < -0.39 is 11.8 Å². The minimum absolute atomic E-state index is 0.419. The highest BCUT2D eigenvalue weighted by Gasteiger charge is 1.95. The van der Waals surface area contributed by atoms with E-state index >= 15 is 0 Å². The van der Waals surface area contributed by atoms with Gasteiger partial charge in [0.05, 0.1) is 0 Å². The summed E-state index contributed by atoms with van der Waals surface area (Å²) in [5, 5.41) is 0. The number of aromatic nitrogens is 2. The molecular formula is C13H14N4O3. The Bertz CT molecular complexity index is 482. The van der Waals surface area contributed by atoms with E-state index in [2.05, 4.69) is 9.97 Å².